The van der Waals surface area contributed by atoms with Gasteiger partial charge in [-0.1, -0.05) is 0 Å². The Labute approximate surface area is 172 Å². The third-order valence-electron chi connectivity index (χ3n) is 4.86. The predicted octanol–water partition coefficient (Wildman–Crippen LogP) is 4.06. The standard InChI is InChI=1S/C21H23FN2O4S/c1-4-24(16-9-7-15(22)8-10-16)17(25)11-28-21(27)18-12(2)13(3)29-20(18)23-19(26)14-5-6-14/h7-10,14H,4-6,11H2,1-3H3,(H,23,26). The molecule has 1 aromatic carbocycles. The lowest BCUT2D eigenvalue weighted by Crippen LogP contribution is -2.34. The summed E-state index contributed by atoms with van der Waals surface area (Å²) in [5.41, 5.74) is 1.54. The number of thiophene rings is 1. The number of aryl methyl sites for hydroxylation is 1. The summed E-state index contributed by atoms with van der Waals surface area (Å²) in [5.74, 6) is -1.54. The number of likely N-dealkylation sites (N-methyl/N-ethyl adjacent to an activating group) is 1. The Morgan fingerprint density at radius 2 is 1.86 bits per heavy atom. The number of nitrogens with zero attached hydrogens (tertiary/aromatic N) is 1. The van der Waals surface area contributed by atoms with Crippen LogP contribution in [-0.2, 0) is 14.3 Å². The van der Waals surface area contributed by atoms with Gasteiger partial charge in [-0.3, -0.25) is 9.59 Å². The molecule has 1 aliphatic carbocycles. The van der Waals surface area contributed by atoms with E-state index in [1.807, 2.05) is 6.92 Å². The summed E-state index contributed by atoms with van der Waals surface area (Å²) in [7, 11) is 0. The molecule has 2 amide bonds. The Morgan fingerprint density at radius 3 is 2.45 bits per heavy atom. The van der Waals surface area contributed by atoms with E-state index in [9.17, 15) is 18.8 Å². The average Bonchev–Trinajstić information content (AvgIpc) is 3.49. The Bertz CT molecular complexity index is 935. The first-order valence-electron chi connectivity index (χ1n) is 9.45. The lowest BCUT2D eigenvalue weighted by atomic mass is 10.1. The number of carbonyl (C=O) groups excluding carboxylic acids is 3. The molecule has 1 aromatic heterocycles. The number of amides is 2. The number of esters is 1. The van der Waals surface area contributed by atoms with Crippen LogP contribution in [-0.4, -0.2) is 30.9 Å². The molecule has 0 radical (unpaired) electrons. The molecule has 2 aromatic rings. The summed E-state index contributed by atoms with van der Waals surface area (Å²) in [6.45, 7) is 5.33. The first kappa shape index (κ1) is 21.0. The molecule has 0 aliphatic heterocycles. The van der Waals surface area contributed by atoms with Gasteiger partial charge in [-0.2, -0.15) is 0 Å². The van der Waals surface area contributed by atoms with Gasteiger partial charge in [-0.25, -0.2) is 9.18 Å². The maximum atomic E-state index is 13.1. The smallest absolute Gasteiger partial charge is 0.341 e. The first-order chi connectivity index (χ1) is 13.8. The van der Waals surface area contributed by atoms with E-state index in [1.54, 1.807) is 13.8 Å². The molecule has 6 nitrogen and oxygen atoms in total. The van der Waals surface area contributed by atoms with Gasteiger partial charge in [0.15, 0.2) is 6.61 Å². The summed E-state index contributed by atoms with van der Waals surface area (Å²) in [6.07, 6.45) is 1.72. The second-order valence-corrected chi connectivity index (χ2v) is 8.17. The van der Waals surface area contributed by atoms with Gasteiger partial charge in [0, 0.05) is 23.0 Å². The Hall–Kier alpha value is -2.74. The van der Waals surface area contributed by atoms with Crippen molar-refractivity contribution in [1.82, 2.24) is 0 Å². The van der Waals surface area contributed by atoms with Crippen LogP contribution < -0.4 is 10.2 Å². The van der Waals surface area contributed by atoms with E-state index in [1.165, 1.54) is 40.5 Å². The molecular weight excluding hydrogens is 395 g/mol. The van der Waals surface area contributed by atoms with Crippen molar-refractivity contribution in [2.75, 3.05) is 23.4 Å². The zero-order chi connectivity index (χ0) is 21.1. The lowest BCUT2D eigenvalue weighted by molar-refractivity contribution is -0.121. The minimum atomic E-state index is -0.651. The first-order valence-corrected chi connectivity index (χ1v) is 10.3. The molecular formula is C21H23FN2O4S. The van der Waals surface area contributed by atoms with Crippen LogP contribution in [0.15, 0.2) is 24.3 Å². The van der Waals surface area contributed by atoms with E-state index in [0.717, 1.165) is 23.3 Å². The summed E-state index contributed by atoms with van der Waals surface area (Å²) < 4.78 is 18.4. The summed E-state index contributed by atoms with van der Waals surface area (Å²) in [4.78, 5) is 39.6. The number of benzene rings is 1. The molecule has 0 atom stereocenters. The minimum absolute atomic E-state index is 0.0111. The highest BCUT2D eigenvalue weighted by molar-refractivity contribution is 7.16. The molecule has 0 bridgehead atoms. The van der Waals surface area contributed by atoms with Crippen LogP contribution in [0.4, 0.5) is 15.1 Å². The van der Waals surface area contributed by atoms with Gasteiger partial charge >= 0.3 is 5.97 Å². The van der Waals surface area contributed by atoms with Crippen LogP contribution in [0.2, 0.25) is 0 Å². The fourth-order valence-electron chi connectivity index (χ4n) is 2.92. The van der Waals surface area contributed by atoms with E-state index in [2.05, 4.69) is 5.32 Å². The second kappa shape index (κ2) is 8.73. The van der Waals surface area contributed by atoms with Crippen molar-refractivity contribution in [3.63, 3.8) is 0 Å². The predicted molar refractivity (Wildman–Crippen MR) is 110 cm³/mol. The Morgan fingerprint density at radius 1 is 1.21 bits per heavy atom. The molecule has 1 aliphatic rings. The Balaban J connectivity index is 1.68. The average molecular weight is 418 g/mol. The molecule has 0 spiro atoms. The van der Waals surface area contributed by atoms with Crippen LogP contribution in [0, 0.1) is 25.6 Å². The van der Waals surface area contributed by atoms with Crippen molar-refractivity contribution >= 4 is 39.8 Å². The molecule has 154 valence electrons. The van der Waals surface area contributed by atoms with E-state index in [-0.39, 0.29) is 11.8 Å². The van der Waals surface area contributed by atoms with Gasteiger partial charge in [0.25, 0.3) is 5.91 Å². The number of hydrogen-bond donors (Lipinski definition) is 1. The van der Waals surface area contributed by atoms with Crippen molar-refractivity contribution < 1.29 is 23.5 Å². The zero-order valence-corrected chi connectivity index (χ0v) is 17.4. The van der Waals surface area contributed by atoms with E-state index in [0.29, 0.717) is 22.8 Å². The topological polar surface area (TPSA) is 75.7 Å². The number of halogens is 1. The van der Waals surface area contributed by atoms with Crippen molar-refractivity contribution in [3.8, 4) is 0 Å². The normalized spacial score (nSPS) is 13.1. The van der Waals surface area contributed by atoms with Crippen LogP contribution in [0.1, 0.15) is 40.6 Å². The monoisotopic (exact) mass is 418 g/mol. The zero-order valence-electron chi connectivity index (χ0n) is 16.6. The quantitative estimate of drug-likeness (QED) is 0.688. The third kappa shape index (κ3) is 4.82. The van der Waals surface area contributed by atoms with Gasteiger partial charge in [0.1, 0.15) is 10.8 Å². The highest BCUT2D eigenvalue weighted by Gasteiger charge is 2.32. The van der Waals surface area contributed by atoms with Gasteiger partial charge < -0.3 is 15.0 Å². The van der Waals surface area contributed by atoms with E-state index >= 15 is 0 Å². The van der Waals surface area contributed by atoms with Crippen LogP contribution >= 0.6 is 11.3 Å². The highest BCUT2D eigenvalue weighted by atomic mass is 32.1. The maximum Gasteiger partial charge on any atom is 0.341 e. The molecule has 0 saturated heterocycles. The summed E-state index contributed by atoms with van der Waals surface area (Å²) in [6, 6.07) is 5.53. The van der Waals surface area contributed by atoms with Crippen LogP contribution in [0.5, 0.6) is 0 Å². The molecule has 0 unspecified atom stereocenters. The van der Waals surface area contributed by atoms with Crippen molar-refractivity contribution in [3.05, 3.63) is 46.1 Å². The van der Waals surface area contributed by atoms with E-state index < -0.39 is 24.3 Å². The van der Waals surface area contributed by atoms with Crippen LogP contribution in [0.3, 0.4) is 0 Å². The summed E-state index contributed by atoms with van der Waals surface area (Å²) in [5, 5.41) is 3.27. The molecule has 1 N–H and O–H groups in total. The molecule has 1 saturated carbocycles. The van der Waals surface area contributed by atoms with Gasteiger partial charge in [0.2, 0.25) is 5.91 Å². The van der Waals surface area contributed by atoms with Crippen molar-refractivity contribution in [2.24, 2.45) is 5.92 Å². The largest absolute Gasteiger partial charge is 0.452 e. The molecule has 1 fully saturated rings. The van der Waals surface area contributed by atoms with Crippen molar-refractivity contribution in [2.45, 2.75) is 33.6 Å². The van der Waals surface area contributed by atoms with E-state index in [4.69, 9.17) is 4.74 Å². The fraction of sp³-hybridized carbons (Fsp3) is 0.381. The summed E-state index contributed by atoms with van der Waals surface area (Å²) >= 11 is 1.32. The molecule has 29 heavy (non-hydrogen) atoms. The lowest BCUT2D eigenvalue weighted by Gasteiger charge is -2.21. The number of anilines is 2. The molecule has 8 heteroatoms. The van der Waals surface area contributed by atoms with Gasteiger partial charge in [-0.15, -0.1) is 11.3 Å². The van der Waals surface area contributed by atoms with Crippen LogP contribution in [0.25, 0.3) is 0 Å². The number of nitrogens with one attached hydrogen (secondary N) is 1. The van der Waals surface area contributed by atoms with Crippen molar-refractivity contribution in [1.29, 1.82) is 0 Å². The van der Waals surface area contributed by atoms with Gasteiger partial charge in [-0.05, 0) is 63.4 Å². The number of ether oxygens (including phenoxy) is 1. The number of rotatable bonds is 7. The minimum Gasteiger partial charge on any atom is -0.452 e. The highest BCUT2D eigenvalue weighted by Crippen LogP contribution is 2.36. The third-order valence-corrected chi connectivity index (χ3v) is 5.98. The number of hydrogen-bond acceptors (Lipinski definition) is 5. The van der Waals surface area contributed by atoms with Gasteiger partial charge in [0.05, 0.1) is 5.56 Å². The molecule has 3 rings (SSSR count). The molecule has 1 heterocycles. The Kier molecular flexibility index (Phi) is 6.32. The maximum absolute atomic E-state index is 13.1. The number of carbonyl (C=O) groups is 3. The second-order valence-electron chi connectivity index (χ2n) is 6.94. The SMILES string of the molecule is CCN(C(=O)COC(=O)c1c(NC(=O)C2CC2)sc(C)c1C)c1ccc(F)cc1. The fourth-order valence-corrected chi connectivity index (χ4v) is 3.97.